The zero-order valence-electron chi connectivity index (χ0n) is 18.5. The number of tetrazole rings is 1. The number of amides is 1. The van der Waals surface area contributed by atoms with E-state index in [-0.39, 0.29) is 21.8 Å². The molecule has 0 bridgehead atoms. The zero-order valence-corrected chi connectivity index (χ0v) is 20.2. The molecular formula is C24H19FN6O2S2. The molecule has 2 aromatic heterocycles. The van der Waals surface area contributed by atoms with Gasteiger partial charge in [-0.25, -0.2) is 9.37 Å². The molecule has 0 aliphatic heterocycles. The Balaban J connectivity index is 1.37. The Labute approximate surface area is 206 Å². The molecule has 1 atom stereocenters. The fourth-order valence-corrected chi connectivity index (χ4v) is 5.19. The van der Waals surface area contributed by atoms with Crippen molar-refractivity contribution in [3.05, 3.63) is 69.4 Å². The van der Waals surface area contributed by atoms with Crippen molar-refractivity contribution in [3.63, 3.8) is 0 Å². The van der Waals surface area contributed by atoms with Gasteiger partial charge in [0.2, 0.25) is 5.82 Å². The van der Waals surface area contributed by atoms with Crippen LogP contribution in [0.25, 0.3) is 11.4 Å². The molecule has 2 aromatic carbocycles. The Morgan fingerprint density at radius 2 is 2.11 bits per heavy atom. The number of nitrogens with one attached hydrogen (secondary N) is 2. The van der Waals surface area contributed by atoms with E-state index in [1.54, 1.807) is 18.2 Å². The maximum absolute atomic E-state index is 15.0. The van der Waals surface area contributed by atoms with Crippen molar-refractivity contribution in [2.75, 3.05) is 11.6 Å². The third-order valence-electron chi connectivity index (χ3n) is 5.67. The third kappa shape index (κ3) is 5.03. The Hall–Kier alpha value is -3.75. The van der Waals surface area contributed by atoms with Gasteiger partial charge in [0, 0.05) is 34.4 Å². The van der Waals surface area contributed by atoms with Gasteiger partial charge >= 0.3 is 0 Å². The molecular weight excluding hydrogens is 487 g/mol. The quantitative estimate of drug-likeness (QED) is 0.394. The van der Waals surface area contributed by atoms with Crippen molar-refractivity contribution < 1.29 is 13.4 Å². The Bertz CT molecular complexity index is 1490. The Kier molecular flexibility index (Phi) is 6.48. The minimum absolute atomic E-state index is 0.0317. The number of carbonyl (C=O) groups excluding carboxylic acids is 1. The molecule has 1 fully saturated rings. The molecule has 5 rings (SSSR count). The van der Waals surface area contributed by atoms with Crippen LogP contribution in [0, 0.1) is 17.7 Å². The van der Waals surface area contributed by atoms with E-state index in [4.69, 9.17) is 0 Å². The van der Waals surface area contributed by atoms with Crippen LogP contribution in [0.15, 0.2) is 46.7 Å². The number of anilines is 1. The van der Waals surface area contributed by atoms with Crippen LogP contribution in [0.5, 0.6) is 0 Å². The molecule has 8 nitrogen and oxygen atoms in total. The van der Waals surface area contributed by atoms with Gasteiger partial charge in [0.05, 0.1) is 27.0 Å². The summed E-state index contributed by atoms with van der Waals surface area (Å²) < 4.78 is 27.3. The van der Waals surface area contributed by atoms with Gasteiger partial charge in [0.25, 0.3) is 5.91 Å². The van der Waals surface area contributed by atoms with E-state index in [1.807, 2.05) is 6.07 Å². The summed E-state index contributed by atoms with van der Waals surface area (Å²) in [5.41, 5.74) is 2.18. The van der Waals surface area contributed by atoms with E-state index in [0.717, 1.165) is 16.8 Å². The van der Waals surface area contributed by atoms with E-state index in [1.165, 1.54) is 42.9 Å². The largest absolute Gasteiger partial charge is 0.322 e. The fourth-order valence-electron chi connectivity index (χ4n) is 3.67. The molecule has 1 unspecified atom stereocenters. The molecule has 1 amide bonds. The normalized spacial score (nSPS) is 14.0. The number of H-pyrrole nitrogens is 1. The van der Waals surface area contributed by atoms with Gasteiger partial charge in [0.15, 0.2) is 5.01 Å². The standard InChI is InChI=1S/C24H19FN6O2S2/c1-35(33)20-12-16(23-28-30-31-29-23)11-18(25)22(20)24(32)26-17-7-2-4-14(10-17)8-9-21-27-19(13-34-21)15-5-3-6-15/h2,4,7,10-13,15H,3,5-6H2,1H3,(H,26,32)(H,28,29,30,31). The van der Waals surface area contributed by atoms with Crippen LogP contribution in [0.1, 0.15) is 51.8 Å². The average Bonchev–Trinajstić information content (AvgIpc) is 3.49. The summed E-state index contributed by atoms with van der Waals surface area (Å²) in [6, 6.07) is 9.47. The number of rotatable bonds is 5. The summed E-state index contributed by atoms with van der Waals surface area (Å²) in [6.07, 6.45) is 5.00. The number of thiazole rings is 1. The van der Waals surface area contributed by atoms with E-state index in [2.05, 4.69) is 48.1 Å². The molecule has 1 aliphatic carbocycles. The number of hydrogen-bond donors (Lipinski definition) is 2. The second kappa shape index (κ2) is 9.85. The van der Waals surface area contributed by atoms with Crippen molar-refractivity contribution in [2.45, 2.75) is 30.1 Å². The highest BCUT2D eigenvalue weighted by Gasteiger charge is 2.23. The average molecular weight is 507 g/mol. The Morgan fingerprint density at radius 3 is 2.83 bits per heavy atom. The maximum atomic E-state index is 15.0. The summed E-state index contributed by atoms with van der Waals surface area (Å²) in [5.74, 6) is 5.28. The molecule has 0 radical (unpaired) electrons. The number of hydrogen-bond acceptors (Lipinski definition) is 7. The number of benzene rings is 2. The predicted molar refractivity (Wildman–Crippen MR) is 131 cm³/mol. The predicted octanol–water partition coefficient (Wildman–Crippen LogP) is 4.12. The topological polar surface area (TPSA) is 114 Å². The first-order valence-corrected chi connectivity index (χ1v) is 13.2. The van der Waals surface area contributed by atoms with Crippen molar-refractivity contribution in [1.82, 2.24) is 25.6 Å². The lowest BCUT2D eigenvalue weighted by Gasteiger charge is -2.22. The number of carbonyl (C=O) groups is 1. The van der Waals surface area contributed by atoms with Crippen LogP contribution in [0.4, 0.5) is 10.1 Å². The van der Waals surface area contributed by atoms with Crippen LogP contribution >= 0.6 is 11.3 Å². The van der Waals surface area contributed by atoms with Crippen LogP contribution in [0.3, 0.4) is 0 Å². The molecule has 0 spiro atoms. The van der Waals surface area contributed by atoms with Gasteiger partial charge in [-0.05, 0) is 54.3 Å². The van der Waals surface area contributed by atoms with Gasteiger partial charge in [-0.3, -0.25) is 9.00 Å². The second-order valence-corrected chi connectivity index (χ2v) is 10.2. The maximum Gasteiger partial charge on any atom is 0.259 e. The van der Waals surface area contributed by atoms with Gasteiger partial charge in [-0.15, -0.1) is 21.5 Å². The third-order valence-corrected chi connectivity index (χ3v) is 7.39. The van der Waals surface area contributed by atoms with Crippen LogP contribution in [-0.4, -0.2) is 42.0 Å². The minimum Gasteiger partial charge on any atom is -0.322 e. The molecule has 1 saturated carbocycles. The first-order valence-electron chi connectivity index (χ1n) is 10.8. The Morgan fingerprint density at radius 1 is 1.26 bits per heavy atom. The number of aromatic amines is 1. The van der Waals surface area contributed by atoms with Crippen molar-refractivity contribution in [2.24, 2.45) is 0 Å². The van der Waals surface area contributed by atoms with Crippen molar-refractivity contribution >= 4 is 33.7 Å². The van der Waals surface area contributed by atoms with Crippen molar-refractivity contribution in [3.8, 4) is 23.2 Å². The van der Waals surface area contributed by atoms with Gasteiger partial charge in [0.1, 0.15) is 5.82 Å². The molecule has 0 saturated heterocycles. The zero-order chi connectivity index (χ0) is 24.4. The van der Waals surface area contributed by atoms with E-state index < -0.39 is 22.5 Å². The molecule has 11 heteroatoms. The van der Waals surface area contributed by atoms with Gasteiger partial charge in [-0.2, -0.15) is 5.21 Å². The minimum atomic E-state index is -1.64. The molecule has 35 heavy (non-hydrogen) atoms. The van der Waals surface area contributed by atoms with Gasteiger partial charge in [-0.1, -0.05) is 18.4 Å². The van der Waals surface area contributed by atoms with Crippen LogP contribution in [0.2, 0.25) is 0 Å². The number of nitrogens with zero attached hydrogens (tertiary/aromatic N) is 4. The summed E-state index contributed by atoms with van der Waals surface area (Å²) >= 11 is 1.52. The lowest BCUT2D eigenvalue weighted by atomic mass is 9.83. The first-order chi connectivity index (χ1) is 17.0. The van der Waals surface area contributed by atoms with Crippen LogP contribution in [-0.2, 0) is 10.8 Å². The molecule has 1 aliphatic rings. The highest BCUT2D eigenvalue weighted by Crippen LogP contribution is 2.36. The molecule has 2 heterocycles. The van der Waals surface area contributed by atoms with E-state index >= 15 is 0 Å². The number of aromatic nitrogens is 5. The monoisotopic (exact) mass is 506 g/mol. The number of halogens is 1. The lowest BCUT2D eigenvalue weighted by Crippen LogP contribution is -2.17. The summed E-state index contributed by atoms with van der Waals surface area (Å²) in [6.45, 7) is 0. The first kappa shape index (κ1) is 23.0. The van der Waals surface area contributed by atoms with Crippen LogP contribution < -0.4 is 5.32 Å². The molecule has 4 aromatic rings. The smallest absolute Gasteiger partial charge is 0.259 e. The molecule has 176 valence electrons. The van der Waals surface area contributed by atoms with Crippen molar-refractivity contribution in [1.29, 1.82) is 0 Å². The van der Waals surface area contributed by atoms with Gasteiger partial charge < -0.3 is 5.32 Å². The fraction of sp³-hybridized carbons (Fsp3) is 0.208. The highest BCUT2D eigenvalue weighted by molar-refractivity contribution is 7.84. The molecule has 2 N–H and O–H groups in total. The lowest BCUT2D eigenvalue weighted by molar-refractivity contribution is 0.102. The summed E-state index contributed by atoms with van der Waals surface area (Å²) in [7, 11) is -1.64. The summed E-state index contributed by atoms with van der Waals surface area (Å²) in [4.78, 5) is 17.6. The van der Waals surface area contributed by atoms with E-state index in [9.17, 15) is 13.4 Å². The SMILES string of the molecule is CS(=O)c1cc(-c2nn[nH]n2)cc(F)c1C(=O)Nc1cccc(C#Cc2nc(C3CCC3)cs2)c1. The summed E-state index contributed by atoms with van der Waals surface area (Å²) in [5, 5.41) is 18.8. The van der Waals surface area contributed by atoms with E-state index in [0.29, 0.717) is 17.2 Å². The second-order valence-electron chi connectivity index (χ2n) is 8.01. The highest BCUT2D eigenvalue weighted by atomic mass is 32.2.